The summed E-state index contributed by atoms with van der Waals surface area (Å²) in [7, 11) is 1.56. The summed E-state index contributed by atoms with van der Waals surface area (Å²) < 4.78 is 5.04. The second-order valence-corrected chi connectivity index (χ2v) is 4.59. The number of ether oxygens (including phenoxy) is 1. The fourth-order valence-electron chi connectivity index (χ4n) is 1.64. The van der Waals surface area contributed by atoms with E-state index in [1.54, 1.807) is 13.2 Å². The summed E-state index contributed by atoms with van der Waals surface area (Å²) in [4.78, 5) is 0. The molecule has 14 heavy (non-hydrogen) atoms. The minimum absolute atomic E-state index is 0.0494. The molecule has 0 radical (unpaired) electrons. The maximum absolute atomic E-state index is 9.65. The molecule has 78 valence electrons. The number of benzene rings is 1. The highest BCUT2D eigenvalue weighted by Gasteiger charge is 2.18. The highest BCUT2D eigenvalue weighted by molar-refractivity contribution is 5.48. The van der Waals surface area contributed by atoms with E-state index in [0.717, 1.165) is 11.1 Å². The SMILES string of the molecule is COc1cc(C)c(C(C)(C)C)cc1O. The molecule has 0 saturated carbocycles. The Bertz CT molecular complexity index is 335. The van der Waals surface area contributed by atoms with Gasteiger partial charge in [-0.25, -0.2) is 0 Å². The van der Waals surface area contributed by atoms with Crippen LogP contribution < -0.4 is 4.74 Å². The van der Waals surface area contributed by atoms with Crippen LogP contribution in [0.5, 0.6) is 11.5 Å². The number of hydrogen-bond acceptors (Lipinski definition) is 2. The number of rotatable bonds is 1. The Balaban J connectivity index is 3.29. The summed E-state index contributed by atoms with van der Waals surface area (Å²) in [6.07, 6.45) is 0. The first-order valence-corrected chi connectivity index (χ1v) is 4.74. The van der Waals surface area contributed by atoms with Crippen molar-refractivity contribution in [2.75, 3.05) is 7.11 Å². The molecule has 0 spiro atoms. The molecule has 0 amide bonds. The molecule has 2 heteroatoms. The van der Waals surface area contributed by atoms with Gasteiger partial charge >= 0.3 is 0 Å². The molecule has 0 fully saturated rings. The van der Waals surface area contributed by atoms with Gasteiger partial charge in [0.15, 0.2) is 11.5 Å². The van der Waals surface area contributed by atoms with Crippen molar-refractivity contribution in [3.05, 3.63) is 23.3 Å². The predicted octanol–water partition coefficient (Wildman–Crippen LogP) is 3.01. The minimum Gasteiger partial charge on any atom is -0.504 e. The third kappa shape index (κ3) is 2.00. The topological polar surface area (TPSA) is 29.5 Å². The van der Waals surface area contributed by atoms with Crippen molar-refractivity contribution in [3.8, 4) is 11.5 Å². The molecular formula is C12H18O2. The van der Waals surface area contributed by atoms with Crippen LogP contribution in [0.15, 0.2) is 12.1 Å². The van der Waals surface area contributed by atoms with E-state index in [-0.39, 0.29) is 11.2 Å². The highest BCUT2D eigenvalue weighted by Crippen LogP contribution is 2.34. The zero-order valence-corrected chi connectivity index (χ0v) is 9.51. The van der Waals surface area contributed by atoms with Gasteiger partial charge in [-0.2, -0.15) is 0 Å². The van der Waals surface area contributed by atoms with Gasteiger partial charge in [-0.05, 0) is 35.6 Å². The normalized spacial score (nSPS) is 11.5. The number of phenols is 1. The van der Waals surface area contributed by atoms with Crippen molar-refractivity contribution in [1.29, 1.82) is 0 Å². The van der Waals surface area contributed by atoms with E-state index in [2.05, 4.69) is 20.8 Å². The van der Waals surface area contributed by atoms with Gasteiger partial charge in [-0.3, -0.25) is 0 Å². The lowest BCUT2D eigenvalue weighted by atomic mass is 9.84. The van der Waals surface area contributed by atoms with Crippen LogP contribution in [0.1, 0.15) is 31.9 Å². The van der Waals surface area contributed by atoms with Crippen LogP contribution in [0.2, 0.25) is 0 Å². The van der Waals surface area contributed by atoms with Crippen LogP contribution in [-0.4, -0.2) is 12.2 Å². The van der Waals surface area contributed by atoms with Crippen LogP contribution >= 0.6 is 0 Å². The predicted molar refractivity (Wildman–Crippen MR) is 58.1 cm³/mol. The van der Waals surface area contributed by atoms with Gasteiger partial charge in [-0.1, -0.05) is 20.8 Å². The van der Waals surface area contributed by atoms with Gasteiger partial charge in [0, 0.05) is 0 Å². The van der Waals surface area contributed by atoms with Crippen LogP contribution in [0, 0.1) is 6.92 Å². The van der Waals surface area contributed by atoms with Gasteiger partial charge in [0.05, 0.1) is 7.11 Å². The van der Waals surface area contributed by atoms with Gasteiger partial charge in [0.25, 0.3) is 0 Å². The van der Waals surface area contributed by atoms with Gasteiger partial charge in [0.2, 0.25) is 0 Å². The van der Waals surface area contributed by atoms with Crippen molar-refractivity contribution in [2.24, 2.45) is 0 Å². The Kier molecular flexibility index (Phi) is 2.74. The molecule has 1 N–H and O–H groups in total. The first-order valence-electron chi connectivity index (χ1n) is 4.74. The lowest BCUT2D eigenvalue weighted by Crippen LogP contribution is -2.12. The minimum atomic E-state index is 0.0494. The van der Waals surface area contributed by atoms with Crippen LogP contribution in [0.3, 0.4) is 0 Å². The number of aromatic hydroxyl groups is 1. The van der Waals surface area contributed by atoms with Gasteiger partial charge in [0.1, 0.15) is 0 Å². The van der Waals surface area contributed by atoms with E-state index in [1.807, 2.05) is 13.0 Å². The van der Waals surface area contributed by atoms with E-state index < -0.39 is 0 Å². The molecule has 0 bridgehead atoms. The Morgan fingerprint density at radius 2 is 1.79 bits per heavy atom. The van der Waals surface area contributed by atoms with Gasteiger partial charge in [-0.15, -0.1) is 0 Å². The maximum Gasteiger partial charge on any atom is 0.160 e. The van der Waals surface area contributed by atoms with Crippen molar-refractivity contribution >= 4 is 0 Å². The van der Waals surface area contributed by atoms with E-state index in [9.17, 15) is 5.11 Å². The van der Waals surface area contributed by atoms with Crippen molar-refractivity contribution in [1.82, 2.24) is 0 Å². The summed E-state index contributed by atoms with van der Waals surface area (Å²) in [6.45, 7) is 8.41. The van der Waals surface area contributed by atoms with E-state index in [1.165, 1.54) is 0 Å². The van der Waals surface area contributed by atoms with Crippen LogP contribution in [0.4, 0.5) is 0 Å². The van der Waals surface area contributed by atoms with Crippen LogP contribution in [0.25, 0.3) is 0 Å². The number of hydrogen-bond donors (Lipinski definition) is 1. The highest BCUT2D eigenvalue weighted by atomic mass is 16.5. The molecule has 0 unspecified atom stereocenters. The summed E-state index contributed by atoms with van der Waals surface area (Å²) >= 11 is 0. The van der Waals surface area contributed by atoms with Crippen molar-refractivity contribution in [2.45, 2.75) is 33.1 Å². The second-order valence-electron chi connectivity index (χ2n) is 4.59. The summed E-state index contributed by atoms with van der Waals surface area (Å²) in [5, 5.41) is 9.65. The number of phenolic OH excluding ortho intramolecular Hbond substituents is 1. The molecule has 0 aromatic heterocycles. The molecule has 1 aromatic carbocycles. The van der Waals surface area contributed by atoms with Gasteiger partial charge < -0.3 is 9.84 Å². The molecule has 1 rings (SSSR count). The van der Waals surface area contributed by atoms with E-state index >= 15 is 0 Å². The second kappa shape index (κ2) is 3.52. The lowest BCUT2D eigenvalue weighted by Gasteiger charge is -2.22. The Morgan fingerprint density at radius 3 is 2.21 bits per heavy atom. The third-order valence-electron chi connectivity index (χ3n) is 2.33. The Morgan fingerprint density at radius 1 is 1.21 bits per heavy atom. The van der Waals surface area contributed by atoms with E-state index in [0.29, 0.717) is 5.75 Å². The summed E-state index contributed by atoms with van der Waals surface area (Å²) in [5.41, 5.74) is 2.34. The molecule has 1 aromatic rings. The average molecular weight is 194 g/mol. The van der Waals surface area contributed by atoms with Crippen LogP contribution in [-0.2, 0) is 5.41 Å². The zero-order valence-electron chi connectivity index (χ0n) is 9.51. The standard InChI is InChI=1S/C12H18O2/c1-8-6-11(14-5)10(13)7-9(8)12(2,3)4/h6-7,13H,1-5H3. The lowest BCUT2D eigenvalue weighted by molar-refractivity contribution is 0.371. The molecular weight excluding hydrogens is 176 g/mol. The molecule has 0 heterocycles. The molecule has 2 nitrogen and oxygen atoms in total. The first-order chi connectivity index (χ1) is 6.36. The molecule has 0 aliphatic heterocycles. The smallest absolute Gasteiger partial charge is 0.160 e. The largest absolute Gasteiger partial charge is 0.504 e. The summed E-state index contributed by atoms with van der Waals surface area (Å²) in [5.74, 6) is 0.749. The fraction of sp³-hybridized carbons (Fsp3) is 0.500. The third-order valence-corrected chi connectivity index (χ3v) is 2.33. The molecule has 0 aliphatic rings. The first kappa shape index (κ1) is 10.9. The Labute approximate surface area is 85.5 Å². The van der Waals surface area contributed by atoms with Crippen molar-refractivity contribution in [3.63, 3.8) is 0 Å². The molecule has 0 aliphatic carbocycles. The quantitative estimate of drug-likeness (QED) is 0.744. The van der Waals surface area contributed by atoms with Crippen molar-refractivity contribution < 1.29 is 9.84 Å². The van der Waals surface area contributed by atoms with E-state index in [4.69, 9.17) is 4.74 Å². The average Bonchev–Trinajstić information content (AvgIpc) is 2.06. The number of methoxy groups -OCH3 is 1. The summed E-state index contributed by atoms with van der Waals surface area (Å²) in [6, 6.07) is 3.66. The fourth-order valence-corrected chi connectivity index (χ4v) is 1.64. The monoisotopic (exact) mass is 194 g/mol. The Hall–Kier alpha value is -1.18. The molecule has 0 atom stereocenters. The number of aryl methyl sites for hydroxylation is 1. The maximum atomic E-state index is 9.65. The molecule has 0 saturated heterocycles. The zero-order chi connectivity index (χ0) is 10.9.